The lowest BCUT2D eigenvalue weighted by molar-refractivity contribution is -0.151. The molecule has 2 heterocycles. The quantitative estimate of drug-likeness (QED) is 0.455. The van der Waals surface area contributed by atoms with Crippen LogP contribution in [0.2, 0.25) is 0 Å². The molecule has 0 radical (unpaired) electrons. The van der Waals surface area contributed by atoms with E-state index in [1.165, 1.54) is 20.9 Å². The first-order valence-corrected chi connectivity index (χ1v) is 10.6. The second-order valence-electron chi connectivity index (χ2n) is 7.24. The number of benzene rings is 1. The Hall–Kier alpha value is -2.48. The maximum Gasteiger partial charge on any atom is 0.401 e. The third-order valence-corrected chi connectivity index (χ3v) is 6.02. The van der Waals surface area contributed by atoms with Gasteiger partial charge in [-0.05, 0) is 54.2 Å². The van der Waals surface area contributed by atoms with E-state index < -0.39 is 12.7 Å². The third-order valence-electron chi connectivity index (χ3n) is 4.75. The van der Waals surface area contributed by atoms with Gasteiger partial charge in [-0.2, -0.15) is 18.4 Å². The van der Waals surface area contributed by atoms with Crippen LogP contribution < -0.4 is 0 Å². The number of alkyl halides is 3. The molecule has 0 bridgehead atoms. The average molecular weight is 450 g/mol. The van der Waals surface area contributed by atoms with Crippen molar-refractivity contribution in [3.8, 4) is 16.8 Å². The molecule has 0 spiro atoms. The van der Waals surface area contributed by atoms with Crippen LogP contribution in [-0.2, 0) is 13.2 Å². The van der Waals surface area contributed by atoms with Crippen LogP contribution in [0.5, 0.6) is 0 Å². The molecule has 2 aromatic heterocycles. The molecule has 0 aliphatic heterocycles. The summed E-state index contributed by atoms with van der Waals surface area (Å²) in [5.74, 6) is 0.711. The van der Waals surface area contributed by atoms with Gasteiger partial charge in [0.1, 0.15) is 0 Å². The first-order chi connectivity index (χ1) is 14.3. The third kappa shape index (κ3) is 4.80. The van der Waals surface area contributed by atoms with Crippen LogP contribution in [0.4, 0.5) is 13.2 Å². The molecule has 1 aliphatic carbocycles. The van der Waals surface area contributed by atoms with Crippen LogP contribution in [0.3, 0.4) is 0 Å². The molecular weight excluding hydrogens is 431 g/mol. The molecule has 156 valence electrons. The second-order valence-corrected chi connectivity index (χ2v) is 8.55. The molecule has 0 amide bonds. The molecule has 3 aromatic rings. The highest BCUT2D eigenvalue weighted by molar-refractivity contribution is 7.71. The summed E-state index contributed by atoms with van der Waals surface area (Å²) < 4.78 is 43.6. The summed E-state index contributed by atoms with van der Waals surface area (Å²) in [6.07, 6.45) is -2.36. The Morgan fingerprint density at radius 3 is 2.53 bits per heavy atom. The highest BCUT2D eigenvalue weighted by atomic mass is 32.1. The van der Waals surface area contributed by atoms with Crippen LogP contribution in [0.1, 0.15) is 30.0 Å². The Morgan fingerprint density at radius 1 is 1.23 bits per heavy atom. The number of hydrogen-bond acceptors (Lipinski definition) is 5. The fourth-order valence-corrected chi connectivity index (χ4v) is 4.33. The topological polar surface area (TPSA) is 49.8 Å². The summed E-state index contributed by atoms with van der Waals surface area (Å²) in [6.45, 7) is -1.09. The number of nitriles is 1. The summed E-state index contributed by atoms with van der Waals surface area (Å²) in [5, 5.41) is 15.4. The first kappa shape index (κ1) is 20.8. The van der Waals surface area contributed by atoms with Crippen LogP contribution in [0, 0.1) is 16.1 Å². The van der Waals surface area contributed by atoms with Crippen molar-refractivity contribution in [3.05, 3.63) is 57.7 Å². The SMILES string of the molecule is N#Cc1ccc(CN(Cn2nc(-c3cccs3)n(C3CC3)c2=S)CC(F)(F)F)cc1. The zero-order chi connectivity index (χ0) is 21.3. The maximum absolute atomic E-state index is 13.2. The standard InChI is InChI=1S/C20H18F3N5S2/c21-20(22,23)12-26(11-15-5-3-14(10-24)4-6-15)13-27-19(29)28(16-7-8-16)18(25-27)17-2-1-9-30-17/h1-6,9,16H,7-8,11-13H2. The van der Waals surface area contributed by atoms with E-state index >= 15 is 0 Å². The van der Waals surface area contributed by atoms with Crippen LogP contribution >= 0.6 is 23.6 Å². The van der Waals surface area contributed by atoms with Gasteiger partial charge in [-0.3, -0.25) is 9.47 Å². The van der Waals surface area contributed by atoms with E-state index in [9.17, 15) is 13.2 Å². The molecule has 1 aliphatic rings. The molecule has 1 saturated carbocycles. The number of nitrogens with zero attached hydrogens (tertiary/aromatic N) is 5. The molecule has 0 unspecified atom stereocenters. The van der Waals surface area contributed by atoms with Crippen LogP contribution in [-0.4, -0.2) is 32.0 Å². The van der Waals surface area contributed by atoms with Gasteiger partial charge in [-0.1, -0.05) is 18.2 Å². The Kier molecular flexibility index (Phi) is 5.77. The van der Waals surface area contributed by atoms with E-state index in [0.29, 0.717) is 21.7 Å². The van der Waals surface area contributed by atoms with Crippen molar-refractivity contribution in [1.29, 1.82) is 5.26 Å². The lowest BCUT2D eigenvalue weighted by Gasteiger charge is -2.23. The van der Waals surface area contributed by atoms with Crippen LogP contribution in [0.25, 0.3) is 10.7 Å². The Balaban J connectivity index is 1.63. The van der Waals surface area contributed by atoms with Crippen molar-refractivity contribution in [2.45, 2.75) is 38.3 Å². The Morgan fingerprint density at radius 2 is 1.97 bits per heavy atom. The first-order valence-electron chi connectivity index (χ1n) is 9.35. The second kappa shape index (κ2) is 8.34. The van der Waals surface area contributed by atoms with E-state index in [0.717, 1.165) is 17.7 Å². The van der Waals surface area contributed by atoms with Crippen molar-refractivity contribution in [3.63, 3.8) is 0 Å². The van der Waals surface area contributed by atoms with Crippen molar-refractivity contribution >= 4 is 23.6 Å². The van der Waals surface area contributed by atoms with E-state index in [-0.39, 0.29) is 19.3 Å². The van der Waals surface area contributed by atoms with Gasteiger partial charge < -0.3 is 0 Å². The zero-order valence-corrected chi connectivity index (χ0v) is 17.5. The number of hydrogen-bond donors (Lipinski definition) is 0. The number of rotatable bonds is 7. The minimum absolute atomic E-state index is 0.0671. The normalized spacial score (nSPS) is 14.2. The van der Waals surface area contributed by atoms with Gasteiger partial charge in [-0.15, -0.1) is 16.4 Å². The van der Waals surface area contributed by atoms with Gasteiger partial charge in [0.15, 0.2) is 10.6 Å². The molecule has 4 rings (SSSR count). The number of thiophene rings is 1. The van der Waals surface area contributed by atoms with E-state index in [1.807, 2.05) is 28.1 Å². The van der Waals surface area contributed by atoms with Gasteiger partial charge in [0.25, 0.3) is 0 Å². The lowest BCUT2D eigenvalue weighted by Crippen LogP contribution is -2.35. The predicted molar refractivity (Wildman–Crippen MR) is 110 cm³/mol. The number of halogens is 3. The predicted octanol–water partition coefficient (Wildman–Crippen LogP) is 5.37. The Bertz CT molecular complexity index is 1100. The van der Waals surface area contributed by atoms with E-state index in [4.69, 9.17) is 17.5 Å². The van der Waals surface area contributed by atoms with Gasteiger partial charge in [0, 0.05) is 12.6 Å². The van der Waals surface area contributed by atoms with Crippen LogP contribution in [0.15, 0.2) is 41.8 Å². The lowest BCUT2D eigenvalue weighted by atomic mass is 10.1. The highest BCUT2D eigenvalue weighted by Crippen LogP contribution is 2.39. The molecule has 5 nitrogen and oxygen atoms in total. The van der Waals surface area contributed by atoms with Gasteiger partial charge >= 0.3 is 6.18 Å². The summed E-state index contributed by atoms with van der Waals surface area (Å²) in [5.41, 5.74) is 1.15. The summed E-state index contributed by atoms with van der Waals surface area (Å²) >= 11 is 7.11. The molecule has 0 N–H and O–H groups in total. The molecule has 10 heteroatoms. The van der Waals surface area contributed by atoms with Gasteiger partial charge in [0.2, 0.25) is 0 Å². The molecule has 0 saturated heterocycles. The average Bonchev–Trinajstić information content (AvgIpc) is 3.27. The van der Waals surface area contributed by atoms with E-state index in [2.05, 4.69) is 5.10 Å². The van der Waals surface area contributed by atoms with Gasteiger partial charge in [-0.25, -0.2) is 4.68 Å². The minimum Gasteiger partial charge on any atom is -0.296 e. The molecule has 1 fully saturated rings. The summed E-state index contributed by atoms with van der Waals surface area (Å²) in [4.78, 5) is 2.21. The molecule has 1 aromatic carbocycles. The monoisotopic (exact) mass is 449 g/mol. The van der Waals surface area contributed by atoms with Crippen molar-refractivity contribution in [2.75, 3.05) is 6.54 Å². The number of aromatic nitrogens is 3. The van der Waals surface area contributed by atoms with Gasteiger partial charge in [0.05, 0.1) is 29.7 Å². The molecule has 0 atom stereocenters. The fourth-order valence-electron chi connectivity index (χ4n) is 3.29. The molecule has 30 heavy (non-hydrogen) atoms. The fraction of sp³-hybridized carbons (Fsp3) is 0.350. The highest BCUT2D eigenvalue weighted by Gasteiger charge is 2.33. The Labute approximate surface area is 180 Å². The molecular formula is C20H18F3N5S2. The van der Waals surface area contributed by atoms with Crippen molar-refractivity contribution in [1.82, 2.24) is 19.2 Å². The smallest absolute Gasteiger partial charge is 0.296 e. The zero-order valence-electron chi connectivity index (χ0n) is 15.8. The van der Waals surface area contributed by atoms with Crippen molar-refractivity contribution in [2.24, 2.45) is 0 Å². The minimum atomic E-state index is -4.36. The summed E-state index contributed by atoms with van der Waals surface area (Å²) in [6, 6.07) is 12.7. The summed E-state index contributed by atoms with van der Waals surface area (Å²) in [7, 11) is 0. The largest absolute Gasteiger partial charge is 0.401 e. The maximum atomic E-state index is 13.2. The van der Waals surface area contributed by atoms with E-state index in [1.54, 1.807) is 24.3 Å². The van der Waals surface area contributed by atoms with Crippen molar-refractivity contribution < 1.29 is 13.2 Å².